The second kappa shape index (κ2) is 10.4. The molecule has 1 fully saturated rings. The minimum atomic E-state index is 0. The van der Waals surface area contributed by atoms with Crippen LogP contribution in [0.3, 0.4) is 0 Å². The molecule has 2 atom stereocenters. The summed E-state index contributed by atoms with van der Waals surface area (Å²) in [4.78, 5) is 1.66. The molecular weight excluding hydrogens is 346 g/mol. The Bertz CT molecular complexity index is 677. The van der Waals surface area contributed by atoms with Crippen LogP contribution in [0.2, 0.25) is 0 Å². The van der Waals surface area contributed by atoms with Gasteiger partial charge in [-0.1, -0.05) is 36.4 Å². The maximum absolute atomic E-state index is 6.15. The minimum Gasteiger partial charge on any atom is -1.00 e. The van der Waals surface area contributed by atoms with E-state index in [1.165, 1.54) is 30.5 Å². The highest BCUT2D eigenvalue weighted by Gasteiger charge is 2.24. The maximum atomic E-state index is 6.15. The summed E-state index contributed by atoms with van der Waals surface area (Å²) in [6.07, 6.45) is 5.76. The number of para-hydroxylation sites is 2. The lowest BCUT2D eigenvalue weighted by atomic mass is 10.0. The van der Waals surface area contributed by atoms with Gasteiger partial charge in [-0.05, 0) is 36.1 Å². The molecule has 1 N–H and O–H groups in total. The van der Waals surface area contributed by atoms with Crippen LogP contribution in [-0.4, -0.2) is 33.4 Å². The zero-order valence-electron chi connectivity index (χ0n) is 15.8. The van der Waals surface area contributed by atoms with Crippen molar-refractivity contribution < 1.29 is 26.8 Å². The zero-order chi connectivity index (χ0) is 17.5. The lowest BCUT2D eigenvalue weighted by Crippen LogP contribution is -3.10. The topological polar surface area (TPSA) is 22.9 Å². The van der Waals surface area contributed by atoms with E-state index < -0.39 is 0 Å². The van der Waals surface area contributed by atoms with Crippen LogP contribution >= 0.6 is 0 Å². The Morgan fingerprint density at radius 2 is 1.58 bits per heavy atom. The Kier molecular flexibility index (Phi) is 8.27. The van der Waals surface area contributed by atoms with Crippen LogP contribution in [0.5, 0.6) is 11.5 Å². The van der Waals surface area contributed by atoms with Crippen LogP contribution in [0, 0.1) is 0 Å². The molecular formula is C22H30ClNO2. The number of likely N-dealkylation sites (tertiary alicyclic amines) is 1. The number of hydrogen-bond donors (Lipinski definition) is 1. The summed E-state index contributed by atoms with van der Waals surface area (Å²) in [5.41, 5.74) is 2.52. The van der Waals surface area contributed by atoms with Crippen molar-refractivity contribution in [1.29, 1.82) is 0 Å². The molecule has 0 saturated carbocycles. The highest BCUT2D eigenvalue weighted by molar-refractivity contribution is 5.37. The van der Waals surface area contributed by atoms with E-state index in [0.717, 1.165) is 43.4 Å². The van der Waals surface area contributed by atoms with Gasteiger partial charge in [0.1, 0.15) is 11.5 Å². The summed E-state index contributed by atoms with van der Waals surface area (Å²) in [5, 5.41) is 0. The summed E-state index contributed by atoms with van der Waals surface area (Å²) in [6.45, 7) is 2.12. The fraction of sp³-hybridized carbons (Fsp3) is 0.455. The van der Waals surface area contributed by atoms with Crippen LogP contribution in [0.4, 0.5) is 0 Å². The number of halogens is 1. The Hall–Kier alpha value is -1.71. The molecule has 0 amide bonds. The number of benzene rings is 2. The molecule has 2 unspecified atom stereocenters. The van der Waals surface area contributed by atoms with Crippen molar-refractivity contribution >= 4 is 0 Å². The number of rotatable bonds is 8. The molecule has 26 heavy (non-hydrogen) atoms. The molecule has 0 aromatic heterocycles. The third-order valence-corrected chi connectivity index (χ3v) is 5.37. The van der Waals surface area contributed by atoms with E-state index in [2.05, 4.69) is 43.4 Å². The van der Waals surface area contributed by atoms with Crippen LogP contribution in [0.1, 0.15) is 30.4 Å². The highest BCUT2D eigenvalue weighted by Crippen LogP contribution is 2.24. The molecule has 3 rings (SSSR count). The monoisotopic (exact) mass is 375 g/mol. The smallest absolute Gasteiger partial charge is 0.122 e. The highest BCUT2D eigenvalue weighted by atomic mass is 35.5. The fourth-order valence-electron chi connectivity index (χ4n) is 3.81. The SMILES string of the molecule is COc1ccccc1CCc1ccccc1OCCC1CCC[NH+]1C.[Cl-]. The molecule has 1 aliphatic rings. The van der Waals surface area contributed by atoms with E-state index >= 15 is 0 Å². The molecule has 3 nitrogen and oxygen atoms in total. The number of quaternary nitrogens is 1. The van der Waals surface area contributed by atoms with Gasteiger partial charge in [0.05, 0.1) is 33.4 Å². The molecule has 4 heteroatoms. The van der Waals surface area contributed by atoms with Crippen molar-refractivity contribution in [2.24, 2.45) is 0 Å². The van der Waals surface area contributed by atoms with E-state index in [0.29, 0.717) is 0 Å². The van der Waals surface area contributed by atoms with E-state index in [4.69, 9.17) is 9.47 Å². The molecule has 1 heterocycles. The van der Waals surface area contributed by atoms with Crippen LogP contribution < -0.4 is 26.8 Å². The molecule has 2 aromatic rings. The van der Waals surface area contributed by atoms with Gasteiger partial charge in [0, 0.05) is 19.3 Å². The van der Waals surface area contributed by atoms with Gasteiger partial charge in [-0.15, -0.1) is 0 Å². The zero-order valence-corrected chi connectivity index (χ0v) is 16.6. The average Bonchev–Trinajstić information content (AvgIpc) is 3.06. The van der Waals surface area contributed by atoms with Crippen LogP contribution in [0.15, 0.2) is 48.5 Å². The molecule has 142 valence electrons. The summed E-state index contributed by atoms with van der Waals surface area (Å²) in [6, 6.07) is 17.5. The fourth-order valence-corrected chi connectivity index (χ4v) is 3.81. The molecule has 0 radical (unpaired) electrons. The van der Waals surface area contributed by atoms with Gasteiger partial charge in [-0.25, -0.2) is 0 Å². The van der Waals surface area contributed by atoms with Crippen LogP contribution in [0.25, 0.3) is 0 Å². The Morgan fingerprint density at radius 3 is 2.19 bits per heavy atom. The minimum absolute atomic E-state index is 0. The predicted octanol–water partition coefficient (Wildman–Crippen LogP) is -0.0696. The standard InChI is InChI=1S/C22H29NO2.ClH/c1-23-16-7-10-20(23)15-17-25-22-12-6-4-9-19(22)14-13-18-8-3-5-11-21(18)24-2;/h3-6,8-9,11-12,20H,7,10,13-17H2,1-2H3;1H. The van der Waals surface area contributed by atoms with Gasteiger partial charge < -0.3 is 26.8 Å². The molecule has 0 aliphatic carbocycles. The van der Waals surface area contributed by atoms with Gasteiger partial charge in [0.15, 0.2) is 0 Å². The summed E-state index contributed by atoms with van der Waals surface area (Å²) in [7, 11) is 4.04. The normalized spacial score (nSPS) is 19.0. The number of ether oxygens (including phenoxy) is 2. The molecule has 0 bridgehead atoms. The quantitative estimate of drug-likeness (QED) is 0.698. The summed E-state index contributed by atoms with van der Waals surface area (Å²) in [5.74, 6) is 2.00. The van der Waals surface area contributed by atoms with Gasteiger partial charge >= 0.3 is 0 Å². The largest absolute Gasteiger partial charge is 1.00 e. The van der Waals surface area contributed by atoms with Gasteiger partial charge in [-0.3, -0.25) is 0 Å². The molecule has 0 spiro atoms. The second-order valence-electron chi connectivity index (χ2n) is 6.99. The molecule has 1 saturated heterocycles. The Labute approximate surface area is 163 Å². The Morgan fingerprint density at radius 1 is 0.962 bits per heavy atom. The van der Waals surface area contributed by atoms with Gasteiger partial charge in [-0.2, -0.15) is 0 Å². The molecule has 2 aromatic carbocycles. The average molecular weight is 376 g/mol. The number of nitrogens with one attached hydrogen (secondary N) is 1. The van der Waals surface area contributed by atoms with E-state index in [1.807, 2.05) is 12.1 Å². The first-order valence-electron chi connectivity index (χ1n) is 9.43. The van der Waals surface area contributed by atoms with E-state index in [-0.39, 0.29) is 12.4 Å². The maximum Gasteiger partial charge on any atom is 0.122 e. The van der Waals surface area contributed by atoms with Crippen molar-refractivity contribution in [3.05, 3.63) is 59.7 Å². The van der Waals surface area contributed by atoms with Gasteiger partial charge in [0.25, 0.3) is 0 Å². The van der Waals surface area contributed by atoms with Crippen LogP contribution in [-0.2, 0) is 12.8 Å². The predicted molar refractivity (Wildman–Crippen MR) is 102 cm³/mol. The lowest BCUT2D eigenvalue weighted by molar-refractivity contribution is -0.892. The van der Waals surface area contributed by atoms with Crippen molar-refractivity contribution in [1.82, 2.24) is 0 Å². The van der Waals surface area contributed by atoms with E-state index in [9.17, 15) is 0 Å². The number of methoxy groups -OCH3 is 1. The van der Waals surface area contributed by atoms with Crippen molar-refractivity contribution in [3.63, 3.8) is 0 Å². The lowest BCUT2D eigenvalue weighted by Gasteiger charge is -2.17. The van der Waals surface area contributed by atoms with Crippen molar-refractivity contribution in [2.45, 2.75) is 38.1 Å². The third-order valence-electron chi connectivity index (χ3n) is 5.37. The third kappa shape index (κ3) is 5.39. The van der Waals surface area contributed by atoms with E-state index in [1.54, 1.807) is 12.0 Å². The Balaban J connectivity index is 0.00000243. The van der Waals surface area contributed by atoms with Gasteiger partial charge in [0.2, 0.25) is 0 Å². The first-order valence-corrected chi connectivity index (χ1v) is 9.43. The second-order valence-corrected chi connectivity index (χ2v) is 6.99. The summed E-state index contributed by atoms with van der Waals surface area (Å²) < 4.78 is 11.6. The first-order chi connectivity index (χ1) is 12.3. The first kappa shape index (κ1) is 20.6. The van der Waals surface area contributed by atoms with Crippen molar-refractivity contribution in [3.8, 4) is 11.5 Å². The van der Waals surface area contributed by atoms with Crippen molar-refractivity contribution in [2.75, 3.05) is 27.3 Å². The summed E-state index contributed by atoms with van der Waals surface area (Å²) >= 11 is 0. The molecule has 1 aliphatic heterocycles. The number of aryl methyl sites for hydroxylation is 2. The number of hydrogen-bond acceptors (Lipinski definition) is 2.